The first-order valence-electron chi connectivity index (χ1n) is 4.97. The fourth-order valence-corrected chi connectivity index (χ4v) is 4.45. The topological polar surface area (TPSA) is 38.0 Å². The standard InChI is InChI=1S/C10H18N2S2/c1-2-3-4-5-9(12-11)10-8-13-6-7-14-10/h1,9-10,12H,3-8,11H2. The lowest BCUT2D eigenvalue weighted by Gasteiger charge is -2.28. The summed E-state index contributed by atoms with van der Waals surface area (Å²) in [5.41, 5.74) is 2.93. The normalized spacial score (nSPS) is 24.1. The molecule has 0 bridgehead atoms. The lowest BCUT2D eigenvalue weighted by Crippen LogP contribution is -2.44. The molecule has 0 saturated carbocycles. The minimum Gasteiger partial charge on any atom is -0.271 e. The predicted octanol–water partition coefficient (Wildman–Crippen LogP) is 1.47. The molecule has 1 fully saturated rings. The van der Waals surface area contributed by atoms with E-state index in [1.54, 1.807) is 0 Å². The third-order valence-corrected chi connectivity index (χ3v) is 5.26. The maximum Gasteiger partial charge on any atom is 0.0337 e. The molecule has 1 saturated heterocycles. The van der Waals surface area contributed by atoms with Gasteiger partial charge in [0.15, 0.2) is 0 Å². The Labute approximate surface area is 95.1 Å². The van der Waals surface area contributed by atoms with Crippen molar-refractivity contribution in [2.45, 2.75) is 30.6 Å². The van der Waals surface area contributed by atoms with Crippen LogP contribution in [0.15, 0.2) is 0 Å². The largest absolute Gasteiger partial charge is 0.271 e. The smallest absolute Gasteiger partial charge is 0.0337 e. The quantitative estimate of drug-likeness (QED) is 0.325. The monoisotopic (exact) mass is 230 g/mol. The molecule has 4 heteroatoms. The van der Waals surface area contributed by atoms with Crippen LogP contribution in [0.2, 0.25) is 0 Å². The van der Waals surface area contributed by atoms with Crippen LogP contribution >= 0.6 is 23.5 Å². The minimum atomic E-state index is 0.432. The summed E-state index contributed by atoms with van der Waals surface area (Å²) >= 11 is 4.07. The molecule has 0 aromatic rings. The van der Waals surface area contributed by atoms with E-state index in [-0.39, 0.29) is 0 Å². The van der Waals surface area contributed by atoms with E-state index in [2.05, 4.69) is 11.3 Å². The van der Waals surface area contributed by atoms with Gasteiger partial charge in [-0.15, -0.1) is 12.3 Å². The van der Waals surface area contributed by atoms with Crippen LogP contribution in [-0.2, 0) is 0 Å². The van der Waals surface area contributed by atoms with Crippen LogP contribution in [0.1, 0.15) is 19.3 Å². The van der Waals surface area contributed by atoms with Gasteiger partial charge >= 0.3 is 0 Å². The Kier molecular flexibility index (Phi) is 6.54. The first kappa shape index (κ1) is 12.3. The summed E-state index contributed by atoms with van der Waals surface area (Å²) in [5.74, 6) is 12.0. The Morgan fingerprint density at radius 3 is 3.00 bits per heavy atom. The van der Waals surface area contributed by atoms with Crippen molar-refractivity contribution >= 4 is 23.5 Å². The Balaban J connectivity index is 2.25. The number of nitrogens with one attached hydrogen (secondary N) is 1. The molecule has 3 N–H and O–H groups in total. The van der Waals surface area contributed by atoms with Crippen LogP contribution in [0, 0.1) is 12.3 Å². The van der Waals surface area contributed by atoms with E-state index in [4.69, 9.17) is 12.3 Å². The molecule has 0 aromatic carbocycles. The van der Waals surface area contributed by atoms with Gasteiger partial charge in [0, 0.05) is 35.0 Å². The van der Waals surface area contributed by atoms with E-state index < -0.39 is 0 Å². The second-order valence-corrected chi connectivity index (χ2v) is 5.85. The number of thioether (sulfide) groups is 2. The summed E-state index contributed by atoms with van der Waals surface area (Å²) in [7, 11) is 0. The van der Waals surface area contributed by atoms with Crippen molar-refractivity contribution in [1.82, 2.24) is 5.43 Å². The van der Waals surface area contributed by atoms with Gasteiger partial charge in [0.1, 0.15) is 0 Å². The number of unbranched alkanes of at least 4 members (excludes halogenated alkanes) is 1. The number of hydrogen-bond acceptors (Lipinski definition) is 4. The number of terminal acetylenes is 1. The summed E-state index contributed by atoms with van der Waals surface area (Å²) < 4.78 is 0. The first-order chi connectivity index (χ1) is 6.88. The second-order valence-electron chi connectivity index (χ2n) is 3.35. The molecule has 0 amide bonds. The van der Waals surface area contributed by atoms with Gasteiger partial charge in [0.05, 0.1) is 0 Å². The zero-order chi connectivity index (χ0) is 10.2. The van der Waals surface area contributed by atoms with Gasteiger partial charge in [-0.25, -0.2) is 0 Å². The molecule has 1 heterocycles. The number of hydrazine groups is 1. The van der Waals surface area contributed by atoms with Gasteiger partial charge < -0.3 is 0 Å². The van der Waals surface area contributed by atoms with E-state index in [9.17, 15) is 0 Å². The molecule has 0 aromatic heterocycles. The van der Waals surface area contributed by atoms with Crippen LogP contribution in [0.4, 0.5) is 0 Å². The average molecular weight is 230 g/mol. The molecule has 0 aliphatic carbocycles. The second kappa shape index (κ2) is 7.47. The van der Waals surface area contributed by atoms with Crippen molar-refractivity contribution in [2.24, 2.45) is 5.84 Å². The molecule has 2 atom stereocenters. The Morgan fingerprint density at radius 1 is 1.57 bits per heavy atom. The van der Waals surface area contributed by atoms with Crippen LogP contribution in [0.25, 0.3) is 0 Å². The van der Waals surface area contributed by atoms with Crippen molar-refractivity contribution < 1.29 is 0 Å². The molecule has 80 valence electrons. The maximum atomic E-state index is 5.56. The summed E-state index contributed by atoms with van der Waals surface area (Å²) in [5, 5.41) is 0.663. The lowest BCUT2D eigenvalue weighted by molar-refractivity contribution is 0.481. The predicted molar refractivity (Wildman–Crippen MR) is 67.4 cm³/mol. The Morgan fingerprint density at radius 2 is 2.43 bits per heavy atom. The van der Waals surface area contributed by atoms with Crippen LogP contribution < -0.4 is 11.3 Å². The highest BCUT2D eigenvalue weighted by Crippen LogP contribution is 2.27. The highest BCUT2D eigenvalue weighted by Gasteiger charge is 2.22. The van der Waals surface area contributed by atoms with Crippen molar-refractivity contribution in [1.29, 1.82) is 0 Å². The van der Waals surface area contributed by atoms with E-state index in [0.29, 0.717) is 11.3 Å². The molecule has 1 aliphatic rings. The minimum absolute atomic E-state index is 0.432. The van der Waals surface area contributed by atoms with Crippen LogP contribution in [0.5, 0.6) is 0 Å². The Hall–Kier alpha value is 0.180. The van der Waals surface area contributed by atoms with Gasteiger partial charge in [0.25, 0.3) is 0 Å². The van der Waals surface area contributed by atoms with E-state index in [1.165, 1.54) is 17.3 Å². The van der Waals surface area contributed by atoms with Gasteiger partial charge in [-0.1, -0.05) is 0 Å². The first-order valence-corrected chi connectivity index (χ1v) is 7.17. The number of rotatable bonds is 5. The van der Waals surface area contributed by atoms with Gasteiger partial charge in [0.2, 0.25) is 0 Å². The van der Waals surface area contributed by atoms with Crippen molar-refractivity contribution in [2.75, 3.05) is 17.3 Å². The molecule has 1 rings (SSSR count). The van der Waals surface area contributed by atoms with Gasteiger partial charge in [-0.2, -0.15) is 23.5 Å². The summed E-state index contributed by atoms with van der Waals surface area (Å²) in [6.45, 7) is 0. The third-order valence-electron chi connectivity index (χ3n) is 2.34. The fourth-order valence-electron chi connectivity index (χ4n) is 1.54. The summed E-state index contributed by atoms with van der Waals surface area (Å²) in [6, 6.07) is 0.432. The molecule has 2 unspecified atom stereocenters. The van der Waals surface area contributed by atoms with E-state index in [0.717, 1.165) is 19.3 Å². The van der Waals surface area contributed by atoms with E-state index >= 15 is 0 Å². The molecular weight excluding hydrogens is 212 g/mol. The Bertz CT molecular complexity index is 185. The maximum absolute atomic E-state index is 5.56. The average Bonchev–Trinajstić information content (AvgIpc) is 2.26. The zero-order valence-electron chi connectivity index (χ0n) is 8.37. The molecule has 0 radical (unpaired) electrons. The molecule has 14 heavy (non-hydrogen) atoms. The lowest BCUT2D eigenvalue weighted by atomic mass is 10.1. The molecular formula is C10H18N2S2. The van der Waals surface area contributed by atoms with Crippen molar-refractivity contribution in [3.8, 4) is 12.3 Å². The highest BCUT2D eigenvalue weighted by atomic mass is 32.2. The van der Waals surface area contributed by atoms with Crippen LogP contribution in [0.3, 0.4) is 0 Å². The van der Waals surface area contributed by atoms with Crippen molar-refractivity contribution in [3.05, 3.63) is 0 Å². The molecule has 2 nitrogen and oxygen atoms in total. The third kappa shape index (κ3) is 4.14. The van der Waals surface area contributed by atoms with Gasteiger partial charge in [-0.3, -0.25) is 11.3 Å². The molecule has 1 aliphatic heterocycles. The molecule has 0 spiro atoms. The van der Waals surface area contributed by atoms with Gasteiger partial charge in [-0.05, 0) is 12.8 Å². The highest BCUT2D eigenvalue weighted by molar-refractivity contribution is 8.06. The zero-order valence-corrected chi connectivity index (χ0v) is 10.0. The fraction of sp³-hybridized carbons (Fsp3) is 0.800. The van der Waals surface area contributed by atoms with Crippen molar-refractivity contribution in [3.63, 3.8) is 0 Å². The number of hydrogen-bond donors (Lipinski definition) is 2. The van der Waals surface area contributed by atoms with E-state index in [1.807, 2.05) is 23.5 Å². The van der Waals surface area contributed by atoms with Crippen LogP contribution in [-0.4, -0.2) is 28.6 Å². The SMILES string of the molecule is C#CCCCC(NN)C1CSCCS1. The number of nitrogens with two attached hydrogens (primary N) is 1. The summed E-state index contributed by atoms with van der Waals surface area (Å²) in [4.78, 5) is 0. The summed E-state index contributed by atoms with van der Waals surface area (Å²) in [6.07, 6.45) is 8.26.